The van der Waals surface area contributed by atoms with E-state index in [4.69, 9.17) is 0 Å². The lowest BCUT2D eigenvalue weighted by atomic mass is 10.2. The molecule has 0 spiro atoms. The summed E-state index contributed by atoms with van der Waals surface area (Å²) in [4.78, 5) is 26.8. The molecule has 0 aromatic rings. The van der Waals surface area contributed by atoms with Gasteiger partial charge in [0.15, 0.2) is 0 Å². The van der Waals surface area contributed by atoms with Crippen LogP contribution in [0.25, 0.3) is 0 Å². The van der Waals surface area contributed by atoms with Gasteiger partial charge >= 0.3 is 12.2 Å². The number of allylic oxidation sites excluding steroid dienone is 2. The molecule has 0 radical (unpaired) electrons. The highest BCUT2D eigenvalue weighted by atomic mass is 16.8. The SMILES string of the molecule is C/C=C/CCCCN(OC(=O)OC)C(=O)OC. The number of unbranched alkanes of at least 4 members (excludes halogenated alkanes) is 2. The van der Waals surface area contributed by atoms with Crippen molar-refractivity contribution in [3.8, 4) is 0 Å². The van der Waals surface area contributed by atoms with E-state index in [9.17, 15) is 9.59 Å². The monoisotopic (exact) mass is 245 g/mol. The number of hydrogen-bond donors (Lipinski definition) is 0. The van der Waals surface area contributed by atoms with Crippen molar-refractivity contribution in [3.05, 3.63) is 12.2 Å². The molecule has 0 atom stereocenters. The van der Waals surface area contributed by atoms with Crippen LogP contribution in [0, 0.1) is 0 Å². The molecule has 17 heavy (non-hydrogen) atoms. The van der Waals surface area contributed by atoms with E-state index in [0.717, 1.165) is 17.9 Å². The molecule has 0 aliphatic heterocycles. The van der Waals surface area contributed by atoms with Gasteiger partial charge in [0.25, 0.3) is 0 Å². The standard InChI is InChI=1S/C11H19NO5/c1-4-5-6-7-8-9-12(10(13)15-2)17-11(14)16-3/h4-5H,6-9H2,1-3H3/b5-4+. The van der Waals surface area contributed by atoms with Crippen LogP contribution in [-0.2, 0) is 14.3 Å². The lowest BCUT2D eigenvalue weighted by Crippen LogP contribution is -2.34. The minimum atomic E-state index is -0.941. The summed E-state index contributed by atoms with van der Waals surface area (Å²) >= 11 is 0. The lowest BCUT2D eigenvalue weighted by molar-refractivity contribution is -0.104. The van der Waals surface area contributed by atoms with E-state index in [-0.39, 0.29) is 6.54 Å². The molecular formula is C11H19NO5. The van der Waals surface area contributed by atoms with E-state index in [1.54, 1.807) is 0 Å². The van der Waals surface area contributed by atoms with Crippen molar-refractivity contribution in [2.45, 2.75) is 26.2 Å². The Bertz CT molecular complexity index is 265. The van der Waals surface area contributed by atoms with Gasteiger partial charge in [0.05, 0.1) is 20.8 Å². The zero-order chi connectivity index (χ0) is 13.1. The summed E-state index contributed by atoms with van der Waals surface area (Å²) in [5.74, 6) is 0. The molecule has 0 fully saturated rings. The zero-order valence-corrected chi connectivity index (χ0v) is 10.5. The Hall–Kier alpha value is -1.72. The molecular weight excluding hydrogens is 226 g/mol. The highest BCUT2D eigenvalue weighted by Crippen LogP contribution is 2.03. The number of methoxy groups -OCH3 is 2. The van der Waals surface area contributed by atoms with Gasteiger partial charge in [-0.1, -0.05) is 12.2 Å². The molecule has 0 aromatic heterocycles. The topological polar surface area (TPSA) is 65.1 Å². The molecule has 0 saturated carbocycles. The van der Waals surface area contributed by atoms with Crippen LogP contribution in [0.3, 0.4) is 0 Å². The van der Waals surface area contributed by atoms with Gasteiger partial charge in [-0.2, -0.15) is 0 Å². The molecule has 0 unspecified atom stereocenters. The number of carbonyl (C=O) groups is 2. The van der Waals surface area contributed by atoms with Crippen LogP contribution in [0.2, 0.25) is 0 Å². The Morgan fingerprint density at radius 2 is 1.88 bits per heavy atom. The molecule has 1 amide bonds. The smallest absolute Gasteiger partial charge is 0.451 e. The van der Waals surface area contributed by atoms with Crippen molar-refractivity contribution >= 4 is 12.2 Å². The summed E-state index contributed by atoms with van der Waals surface area (Å²) < 4.78 is 8.77. The van der Waals surface area contributed by atoms with Crippen LogP contribution in [0.4, 0.5) is 9.59 Å². The summed E-state index contributed by atoms with van der Waals surface area (Å²) in [6.07, 6.45) is 4.85. The maximum absolute atomic E-state index is 11.2. The summed E-state index contributed by atoms with van der Waals surface area (Å²) in [5.41, 5.74) is 0. The minimum Gasteiger partial charge on any atom is -0.451 e. The van der Waals surface area contributed by atoms with Crippen molar-refractivity contribution in [3.63, 3.8) is 0 Å². The van der Waals surface area contributed by atoms with Crippen LogP contribution in [0.15, 0.2) is 12.2 Å². The summed E-state index contributed by atoms with van der Waals surface area (Å²) in [6, 6.07) is 0. The first kappa shape index (κ1) is 15.3. The molecule has 6 nitrogen and oxygen atoms in total. The fraction of sp³-hybridized carbons (Fsp3) is 0.636. The third-order valence-corrected chi connectivity index (χ3v) is 1.95. The van der Waals surface area contributed by atoms with Crippen LogP contribution >= 0.6 is 0 Å². The normalized spacial score (nSPS) is 10.1. The first-order valence-corrected chi connectivity index (χ1v) is 5.38. The average Bonchev–Trinajstić information content (AvgIpc) is 2.35. The molecule has 0 saturated heterocycles. The third kappa shape index (κ3) is 7.21. The number of carbonyl (C=O) groups excluding carboxylic acids is 2. The Morgan fingerprint density at radius 3 is 2.41 bits per heavy atom. The van der Waals surface area contributed by atoms with E-state index < -0.39 is 12.2 Å². The zero-order valence-electron chi connectivity index (χ0n) is 10.5. The van der Waals surface area contributed by atoms with Crippen molar-refractivity contribution in [1.82, 2.24) is 5.06 Å². The Balaban J connectivity index is 4.02. The molecule has 98 valence electrons. The predicted molar refractivity (Wildman–Crippen MR) is 61.3 cm³/mol. The predicted octanol–water partition coefficient (Wildman–Crippen LogP) is 2.50. The first-order chi connectivity index (χ1) is 8.15. The quantitative estimate of drug-likeness (QED) is 0.322. The van der Waals surface area contributed by atoms with Gasteiger partial charge in [-0.05, 0) is 26.2 Å². The second-order valence-corrected chi connectivity index (χ2v) is 3.18. The number of hydroxylamine groups is 2. The Kier molecular flexibility index (Phi) is 8.54. The van der Waals surface area contributed by atoms with Gasteiger partial charge in [0.2, 0.25) is 0 Å². The van der Waals surface area contributed by atoms with Gasteiger partial charge < -0.3 is 14.3 Å². The van der Waals surface area contributed by atoms with Crippen LogP contribution in [-0.4, -0.2) is 38.1 Å². The number of nitrogens with zero attached hydrogens (tertiary/aromatic N) is 1. The average molecular weight is 245 g/mol. The third-order valence-electron chi connectivity index (χ3n) is 1.95. The van der Waals surface area contributed by atoms with Crippen molar-refractivity contribution < 1.29 is 23.9 Å². The molecule has 0 heterocycles. The minimum absolute atomic E-state index is 0.277. The van der Waals surface area contributed by atoms with Gasteiger partial charge in [0.1, 0.15) is 0 Å². The second-order valence-electron chi connectivity index (χ2n) is 3.18. The molecule has 0 N–H and O–H groups in total. The van der Waals surface area contributed by atoms with Crippen molar-refractivity contribution in [1.29, 1.82) is 0 Å². The Morgan fingerprint density at radius 1 is 1.18 bits per heavy atom. The van der Waals surface area contributed by atoms with Gasteiger partial charge in [0, 0.05) is 0 Å². The van der Waals surface area contributed by atoms with Crippen molar-refractivity contribution in [2.24, 2.45) is 0 Å². The molecule has 0 rings (SSSR count). The fourth-order valence-electron chi connectivity index (χ4n) is 1.09. The molecule has 0 aliphatic carbocycles. The molecule has 0 aromatic carbocycles. The number of hydrogen-bond acceptors (Lipinski definition) is 5. The van der Waals surface area contributed by atoms with Crippen molar-refractivity contribution in [2.75, 3.05) is 20.8 Å². The first-order valence-electron chi connectivity index (χ1n) is 5.38. The largest absolute Gasteiger partial charge is 0.533 e. The van der Waals surface area contributed by atoms with Crippen LogP contribution < -0.4 is 0 Å². The van der Waals surface area contributed by atoms with E-state index in [1.807, 2.05) is 19.1 Å². The van der Waals surface area contributed by atoms with E-state index in [2.05, 4.69) is 14.3 Å². The van der Waals surface area contributed by atoms with E-state index in [0.29, 0.717) is 6.42 Å². The van der Waals surface area contributed by atoms with Crippen LogP contribution in [0.1, 0.15) is 26.2 Å². The second kappa shape index (κ2) is 9.50. The number of amides is 1. The summed E-state index contributed by atoms with van der Waals surface area (Å²) in [7, 11) is 2.39. The summed E-state index contributed by atoms with van der Waals surface area (Å²) in [5, 5.41) is 0.849. The maximum atomic E-state index is 11.2. The van der Waals surface area contributed by atoms with Gasteiger partial charge in [-0.25, -0.2) is 9.59 Å². The van der Waals surface area contributed by atoms with E-state index in [1.165, 1.54) is 14.2 Å². The molecule has 0 aliphatic rings. The molecule has 6 heteroatoms. The summed E-state index contributed by atoms with van der Waals surface area (Å²) in [6.45, 7) is 2.22. The van der Waals surface area contributed by atoms with Gasteiger partial charge in [-0.15, -0.1) is 5.06 Å². The maximum Gasteiger partial charge on any atom is 0.533 e. The number of rotatable bonds is 5. The van der Waals surface area contributed by atoms with E-state index >= 15 is 0 Å². The van der Waals surface area contributed by atoms with Gasteiger partial charge in [-0.3, -0.25) is 0 Å². The highest BCUT2D eigenvalue weighted by Gasteiger charge is 2.18. The number of ether oxygens (including phenoxy) is 2. The molecule has 0 bridgehead atoms. The Labute approximate surface area is 101 Å². The van der Waals surface area contributed by atoms with Crippen LogP contribution in [0.5, 0.6) is 0 Å². The fourth-order valence-corrected chi connectivity index (χ4v) is 1.09. The lowest BCUT2D eigenvalue weighted by Gasteiger charge is -2.18. The highest BCUT2D eigenvalue weighted by molar-refractivity contribution is 5.69.